The van der Waals surface area contributed by atoms with Gasteiger partial charge in [0, 0.05) is 14.1 Å². The number of benzene rings is 3. The summed E-state index contributed by atoms with van der Waals surface area (Å²) in [7, 11) is 3.64. The first-order chi connectivity index (χ1) is 15.5. The number of hydrogen-bond acceptors (Lipinski definition) is 8. The molecule has 0 saturated heterocycles. The second-order valence-electron chi connectivity index (χ2n) is 7.55. The van der Waals surface area contributed by atoms with Gasteiger partial charge >= 0.3 is 0 Å². The second kappa shape index (κ2) is 6.67. The molecule has 0 spiro atoms. The number of nitrogens with zero attached hydrogens (tertiary/aromatic N) is 6. The standard InChI is InChI=1S/C24H14N8/c1-31-21-7-15-3-14-6-20-22(32(2)24(30-20)18(11-27)12-28)8-16(14)4-13(15)5-19(21)29-23(31)17(9-25)10-26/h3-8,29-30H,1-2H3. The molecule has 8 heteroatoms. The van der Waals surface area contributed by atoms with Gasteiger partial charge in [-0.05, 0) is 57.9 Å². The van der Waals surface area contributed by atoms with E-state index in [1.807, 2.05) is 72.4 Å². The molecule has 32 heavy (non-hydrogen) atoms. The Morgan fingerprint density at radius 1 is 0.594 bits per heavy atom. The highest BCUT2D eigenvalue weighted by Gasteiger charge is 2.26. The first kappa shape index (κ1) is 18.8. The second-order valence-corrected chi connectivity index (χ2v) is 7.55. The topological polar surface area (TPSA) is 126 Å². The number of hydrogen-bond donors (Lipinski definition) is 2. The van der Waals surface area contributed by atoms with Crippen molar-refractivity contribution in [3.05, 3.63) is 59.2 Å². The molecule has 2 aliphatic heterocycles. The highest BCUT2D eigenvalue weighted by atomic mass is 15.3. The molecule has 2 N–H and O–H groups in total. The van der Waals surface area contributed by atoms with Gasteiger partial charge in [0.2, 0.25) is 0 Å². The molecule has 0 bridgehead atoms. The molecule has 0 saturated carbocycles. The first-order valence-electron chi connectivity index (χ1n) is 9.65. The zero-order valence-corrected chi connectivity index (χ0v) is 17.1. The van der Waals surface area contributed by atoms with Crippen molar-refractivity contribution in [2.75, 3.05) is 34.5 Å². The van der Waals surface area contributed by atoms with Gasteiger partial charge in [-0.25, -0.2) is 0 Å². The van der Waals surface area contributed by atoms with Crippen LogP contribution in [0.15, 0.2) is 59.2 Å². The molecule has 2 aliphatic rings. The molecule has 0 radical (unpaired) electrons. The van der Waals surface area contributed by atoms with Crippen molar-refractivity contribution in [1.29, 1.82) is 21.0 Å². The lowest BCUT2D eigenvalue weighted by atomic mass is 10.0. The van der Waals surface area contributed by atoms with E-state index in [9.17, 15) is 21.0 Å². The summed E-state index contributed by atoms with van der Waals surface area (Å²) in [5.74, 6) is 0.944. The number of fused-ring (bicyclic) bond motifs is 4. The van der Waals surface area contributed by atoms with Crippen LogP contribution in [0, 0.1) is 45.3 Å². The molecule has 0 atom stereocenters. The Balaban J connectivity index is 1.67. The summed E-state index contributed by atoms with van der Waals surface area (Å²) in [5.41, 5.74) is 3.48. The maximum Gasteiger partial charge on any atom is 0.170 e. The van der Waals surface area contributed by atoms with Gasteiger partial charge in [0.1, 0.15) is 35.9 Å². The molecule has 5 rings (SSSR count). The van der Waals surface area contributed by atoms with E-state index in [4.69, 9.17) is 0 Å². The fraction of sp³-hybridized carbons (Fsp3) is 0.0833. The largest absolute Gasteiger partial charge is 0.338 e. The van der Waals surface area contributed by atoms with Crippen molar-refractivity contribution in [2.24, 2.45) is 0 Å². The molecule has 150 valence electrons. The molecule has 0 aliphatic carbocycles. The van der Waals surface area contributed by atoms with Crippen LogP contribution in [0.5, 0.6) is 0 Å². The summed E-state index contributed by atoms with van der Waals surface area (Å²) in [4.78, 5) is 3.62. The highest BCUT2D eigenvalue weighted by molar-refractivity contribution is 6.06. The Morgan fingerprint density at radius 3 is 1.28 bits per heavy atom. The Kier molecular flexibility index (Phi) is 3.93. The minimum atomic E-state index is 0.0291. The summed E-state index contributed by atoms with van der Waals surface area (Å²) in [6.07, 6.45) is 0. The van der Waals surface area contributed by atoms with Gasteiger partial charge in [0.05, 0.1) is 22.7 Å². The predicted molar refractivity (Wildman–Crippen MR) is 122 cm³/mol. The molecule has 0 unspecified atom stereocenters. The maximum absolute atomic E-state index is 9.24. The van der Waals surface area contributed by atoms with Crippen LogP contribution in [-0.2, 0) is 0 Å². The van der Waals surface area contributed by atoms with E-state index in [0.29, 0.717) is 11.6 Å². The summed E-state index contributed by atoms with van der Waals surface area (Å²) in [5, 5.41) is 47.4. The normalized spacial score (nSPS) is 13.4. The number of nitriles is 4. The molecular weight excluding hydrogens is 400 g/mol. The fourth-order valence-corrected chi connectivity index (χ4v) is 4.22. The Bertz CT molecular complexity index is 1440. The van der Waals surface area contributed by atoms with E-state index in [1.54, 1.807) is 0 Å². The average Bonchev–Trinajstić information content (AvgIpc) is 3.28. The van der Waals surface area contributed by atoms with E-state index in [1.165, 1.54) is 0 Å². The Hall–Kier alpha value is -5.18. The summed E-state index contributed by atoms with van der Waals surface area (Å²) >= 11 is 0. The molecule has 2 heterocycles. The van der Waals surface area contributed by atoms with Crippen LogP contribution >= 0.6 is 0 Å². The van der Waals surface area contributed by atoms with Crippen LogP contribution in [0.2, 0.25) is 0 Å². The lowest BCUT2D eigenvalue weighted by Gasteiger charge is -2.14. The number of nitrogens with one attached hydrogen (secondary N) is 2. The summed E-state index contributed by atoms with van der Waals surface area (Å²) in [6, 6.07) is 20.0. The van der Waals surface area contributed by atoms with Crippen molar-refractivity contribution in [2.45, 2.75) is 0 Å². The van der Waals surface area contributed by atoms with Gasteiger partial charge in [-0.2, -0.15) is 21.0 Å². The molecule has 3 aromatic rings. The van der Waals surface area contributed by atoms with Crippen LogP contribution in [0.3, 0.4) is 0 Å². The van der Waals surface area contributed by atoms with Gasteiger partial charge in [-0.15, -0.1) is 0 Å². The Labute approximate surface area is 183 Å². The average molecular weight is 414 g/mol. The zero-order valence-electron chi connectivity index (χ0n) is 17.1. The van der Waals surface area contributed by atoms with Gasteiger partial charge in [-0.3, -0.25) is 0 Å². The van der Waals surface area contributed by atoms with Crippen LogP contribution in [-0.4, -0.2) is 14.1 Å². The van der Waals surface area contributed by atoms with E-state index < -0.39 is 0 Å². The van der Waals surface area contributed by atoms with Crippen LogP contribution in [0.1, 0.15) is 0 Å². The highest BCUT2D eigenvalue weighted by Crippen LogP contribution is 2.43. The van der Waals surface area contributed by atoms with Crippen molar-refractivity contribution in [1.82, 2.24) is 0 Å². The SMILES string of the molecule is CN1C(=C(C#N)C#N)Nc2cc3cc4cc5c(cc4cc3cc21)NC(=C(C#N)C#N)N5C. The van der Waals surface area contributed by atoms with Crippen LogP contribution < -0.4 is 20.4 Å². The predicted octanol–water partition coefficient (Wildman–Crippen LogP) is 4.23. The monoisotopic (exact) mass is 414 g/mol. The number of anilines is 4. The third kappa shape index (κ3) is 2.52. The lowest BCUT2D eigenvalue weighted by Crippen LogP contribution is -2.16. The van der Waals surface area contributed by atoms with Gasteiger partial charge in [-0.1, -0.05) is 0 Å². The Morgan fingerprint density at radius 2 is 0.938 bits per heavy atom. The first-order valence-corrected chi connectivity index (χ1v) is 9.65. The molecule has 8 nitrogen and oxygen atoms in total. The number of allylic oxidation sites excluding steroid dienone is 2. The van der Waals surface area contributed by atoms with Crippen molar-refractivity contribution < 1.29 is 0 Å². The minimum absolute atomic E-state index is 0.0291. The zero-order chi connectivity index (χ0) is 22.6. The third-order valence-corrected chi connectivity index (χ3v) is 5.85. The lowest BCUT2D eigenvalue weighted by molar-refractivity contribution is 1.14. The van der Waals surface area contributed by atoms with Gasteiger partial charge < -0.3 is 20.4 Å². The van der Waals surface area contributed by atoms with Crippen molar-refractivity contribution in [3.8, 4) is 24.3 Å². The third-order valence-electron chi connectivity index (χ3n) is 5.85. The molecule has 0 aromatic heterocycles. The van der Waals surface area contributed by atoms with Gasteiger partial charge in [0.15, 0.2) is 11.1 Å². The van der Waals surface area contributed by atoms with Crippen LogP contribution in [0.4, 0.5) is 22.7 Å². The van der Waals surface area contributed by atoms with Crippen LogP contribution in [0.25, 0.3) is 21.5 Å². The van der Waals surface area contributed by atoms with E-state index in [2.05, 4.69) is 22.8 Å². The smallest absolute Gasteiger partial charge is 0.170 e. The summed E-state index contributed by atoms with van der Waals surface area (Å²) < 4.78 is 0. The van der Waals surface area contributed by atoms with Gasteiger partial charge in [0.25, 0.3) is 0 Å². The van der Waals surface area contributed by atoms with Crippen molar-refractivity contribution in [3.63, 3.8) is 0 Å². The van der Waals surface area contributed by atoms with E-state index in [0.717, 1.165) is 44.3 Å². The summed E-state index contributed by atoms with van der Waals surface area (Å²) in [6.45, 7) is 0. The van der Waals surface area contributed by atoms with E-state index in [-0.39, 0.29) is 11.1 Å². The van der Waals surface area contributed by atoms with Crippen molar-refractivity contribution >= 4 is 44.3 Å². The minimum Gasteiger partial charge on any atom is -0.338 e. The number of rotatable bonds is 0. The quantitative estimate of drug-likeness (QED) is 0.413. The van der Waals surface area contributed by atoms with E-state index >= 15 is 0 Å². The molecule has 0 amide bonds. The molecular formula is C24H14N8. The fourth-order valence-electron chi connectivity index (χ4n) is 4.22. The molecule has 0 fully saturated rings. The maximum atomic E-state index is 9.24. The molecule has 3 aromatic carbocycles.